The molecule has 0 spiro atoms. The Labute approximate surface area is 135 Å². The van der Waals surface area contributed by atoms with Crippen LogP contribution in [0, 0.1) is 13.8 Å². The van der Waals surface area contributed by atoms with Crippen LogP contribution in [0.4, 0.5) is 5.82 Å². The van der Waals surface area contributed by atoms with Crippen LogP contribution in [-0.4, -0.2) is 44.8 Å². The molecule has 23 heavy (non-hydrogen) atoms. The van der Waals surface area contributed by atoms with Gasteiger partial charge >= 0.3 is 0 Å². The van der Waals surface area contributed by atoms with E-state index in [9.17, 15) is 13.2 Å². The van der Waals surface area contributed by atoms with Gasteiger partial charge in [-0.25, -0.2) is 17.7 Å². The number of rotatable bonds is 4. The van der Waals surface area contributed by atoms with E-state index in [-0.39, 0.29) is 22.3 Å². The van der Waals surface area contributed by atoms with E-state index in [1.54, 1.807) is 26.1 Å². The molecule has 0 N–H and O–H groups in total. The summed E-state index contributed by atoms with van der Waals surface area (Å²) in [5, 5.41) is -0.256. The number of nitrogens with zero attached hydrogens (tertiary/aromatic N) is 3. The van der Waals surface area contributed by atoms with E-state index in [1.807, 2.05) is 13.0 Å². The third kappa shape index (κ3) is 3.27. The molecular weight excluding hydrogens is 318 g/mol. The van der Waals surface area contributed by atoms with Gasteiger partial charge in [-0.3, -0.25) is 9.69 Å². The van der Waals surface area contributed by atoms with E-state index in [0.29, 0.717) is 5.82 Å². The van der Waals surface area contributed by atoms with Crippen molar-refractivity contribution in [3.8, 4) is 0 Å². The Bertz CT molecular complexity index is 840. The second-order valence-electron chi connectivity index (χ2n) is 5.32. The van der Waals surface area contributed by atoms with Crippen LogP contribution in [0.5, 0.6) is 0 Å². The number of carbonyl (C=O) groups is 1. The normalized spacial score (nSPS) is 11.7. The predicted molar refractivity (Wildman–Crippen MR) is 86.0 cm³/mol. The van der Waals surface area contributed by atoms with Crippen LogP contribution in [0.15, 0.2) is 33.8 Å². The molecule has 0 fully saturated rings. The maximum Gasteiger partial charge on any atom is 0.275 e. The summed E-state index contributed by atoms with van der Waals surface area (Å²) in [6.45, 7) is 3.38. The summed E-state index contributed by atoms with van der Waals surface area (Å²) in [5.41, 5.74) is 0.971. The number of hydrogen-bond acceptors (Lipinski definition) is 5. The summed E-state index contributed by atoms with van der Waals surface area (Å²) in [5.74, 6) is 0.340. The second kappa shape index (κ2) is 6.13. The van der Waals surface area contributed by atoms with Gasteiger partial charge in [0.15, 0.2) is 0 Å². The fraction of sp³-hybridized carbons (Fsp3) is 0.333. The number of aromatic nitrogens is 1. The van der Waals surface area contributed by atoms with Crippen molar-refractivity contribution in [2.45, 2.75) is 18.9 Å². The number of anilines is 1. The van der Waals surface area contributed by atoms with Gasteiger partial charge in [-0.2, -0.15) is 0 Å². The minimum absolute atomic E-state index is 0.191. The van der Waals surface area contributed by atoms with Crippen molar-refractivity contribution in [2.75, 3.05) is 26.0 Å². The number of furan rings is 1. The lowest BCUT2D eigenvalue weighted by Crippen LogP contribution is -2.27. The summed E-state index contributed by atoms with van der Waals surface area (Å²) in [6.07, 6.45) is 0. The highest BCUT2D eigenvalue weighted by Gasteiger charge is 2.27. The van der Waals surface area contributed by atoms with Gasteiger partial charge in [0.2, 0.25) is 5.09 Å². The summed E-state index contributed by atoms with van der Waals surface area (Å²) in [6, 6.07) is 6.58. The summed E-state index contributed by atoms with van der Waals surface area (Å²) < 4.78 is 30.5. The highest BCUT2D eigenvalue weighted by Crippen LogP contribution is 2.23. The molecule has 2 aromatic heterocycles. The van der Waals surface area contributed by atoms with Gasteiger partial charge in [0.25, 0.3) is 15.9 Å². The van der Waals surface area contributed by atoms with Gasteiger partial charge in [0.05, 0.1) is 5.56 Å². The van der Waals surface area contributed by atoms with Crippen molar-refractivity contribution < 1.29 is 17.6 Å². The molecule has 0 saturated carbocycles. The molecule has 8 heteroatoms. The summed E-state index contributed by atoms with van der Waals surface area (Å²) in [7, 11) is 0.652. The van der Waals surface area contributed by atoms with Gasteiger partial charge in [0.1, 0.15) is 11.6 Å². The summed E-state index contributed by atoms with van der Waals surface area (Å²) >= 11 is 0. The molecule has 1 amide bonds. The lowest BCUT2D eigenvalue weighted by molar-refractivity contribution is 0.0991. The van der Waals surface area contributed by atoms with Crippen molar-refractivity contribution in [1.29, 1.82) is 0 Å². The second-order valence-corrected chi connectivity index (χ2v) is 7.41. The zero-order valence-electron chi connectivity index (χ0n) is 13.7. The third-order valence-electron chi connectivity index (χ3n) is 3.38. The van der Waals surface area contributed by atoms with Crippen molar-refractivity contribution in [3.63, 3.8) is 0 Å². The molecule has 0 aliphatic carbocycles. The highest BCUT2D eigenvalue weighted by molar-refractivity contribution is 7.88. The van der Waals surface area contributed by atoms with Gasteiger partial charge in [-0.15, -0.1) is 0 Å². The Kier molecular flexibility index (Phi) is 4.58. The Morgan fingerprint density at radius 3 is 2.39 bits per heavy atom. The molecule has 0 aliphatic rings. The first-order valence-corrected chi connectivity index (χ1v) is 8.33. The molecule has 124 valence electrons. The van der Waals surface area contributed by atoms with Crippen LogP contribution < -0.4 is 4.90 Å². The van der Waals surface area contributed by atoms with E-state index < -0.39 is 10.0 Å². The van der Waals surface area contributed by atoms with E-state index in [0.717, 1.165) is 10.00 Å². The molecule has 2 aromatic rings. The molecule has 7 nitrogen and oxygen atoms in total. The van der Waals surface area contributed by atoms with E-state index in [4.69, 9.17) is 4.42 Å². The van der Waals surface area contributed by atoms with Crippen molar-refractivity contribution in [2.24, 2.45) is 0 Å². The topological polar surface area (TPSA) is 83.7 Å². The Balaban J connectivity index is 2.39. The number of carbonyl (C=O) groups excluding carboxylic acids is 1. The van der Waals surface area contributed by atoms with Crippen LogP contribution in [-0.2, 0) is 10.0 Å². The zero-order chi connectivity index (χ0) is 17.4. The molecule has 0 aromatic carbocycles. The van der Waals surface area contributed by atoms with E-state index in [1.165, 1.54) is 25.1 Å². The first-order valence-electron chi connectivity index (χ1n) is 6.89. The smallest absolute Gasteiger partial charge is 0.275 e. The average molecular weight is 337 g/mol. The molecule has 0 bridgehead atoms. The number of hydrogen-bond donors (Lipinski definition) is 0. The maximum absolute atomic E-state index is 12.6. The number of aryl methyl sites for hydroxylation is 2. The zero-order valence-corrected chi connectivity index (χ0v) is 14.5. The quantitative estimate of drug-likeness (QED) is 0.850. The van der Waals surface area contributed by atoms with Gasteiger partial charge < -0.3 is 4.42 Å². The SMILES string of the molecule is Cc1cccc(N(C)C(=O)c2cc(S(=O)(=O)N(C)C)oc2C)n1. The van der Waals surface area contributed by atoms with Crippen LogP contribution in [0.1, 0.15) is 21.8 Å². The van der Waals surface area contributed by atoms with Gasteiger partial charge in [-0.05, 0) is 26.0 Å². The first-order chi connectivity index (χ1) is 10.6. The van der Waals surface area contributed by atoms with Crippen LogP contribution in [0.25, 0.3) is 0 Å². The van der Waals surface area contributed by atoms with Crippen LogP contribution >= 0.6 is 0 Å². The van der Waals surface area contributed by atoms with Crippen molar-refractivity contribution in [3.05, 3.63) is 41.3 Å². The maximum atomic E-state index is 12.6. The molecule has 0 saturated heterocycles. The fourth-order valence-corrected chi connectivity index (χ4v) is 2.83. The van der Waals surface area contributed by atoms with Crippen LogP contribution in [0.2, 0.25) is 0 Å². The Morgan fingerprint density at radius 1 is 1.17 bits per heavy atom. The average Bonchev–Trinajstić information content (AvgIpc) is 2.88. The first kappa shape index (κ1) is 17.2. The molecule has 0 atom stereocenters. The van der Waals surface area contributed by atoms with Crippen LogP contribution in [0.3, 0.4) is 0 Å². The van der Waals surface area contributed by atoms with Gasteiger partial charge in [0, 0.05) is 32.9 Å². The molecule has 0 unspecified atom stereocenters. The molecule has 0 aliphatic heterocycles. The molecule has 2 rings (SSSR count). The lowest BCUT2D eigenvalue weighted by atomic mass is 10.2. The standard InChI is InChI=1S/C15H19N3O4S/c1-10-7-6-8-13(16-10)18(5)15(19)12-9-14(22-11(12)2)23(20,21)17(3)4/h6-9H,1-5H3. The van der Waals surface area contributed by atoms with Gasteiger partial charge in [-0.1, -0.05) is 6.07 Å². The third-order valence-corrected chi connectivity index (χ3v) is 5.05. The molecular formula is C15H19N3O4S. The van der Waals surface area contributed by atoms with Crippen molar-refractivity contribution >= 4 is 21.7 Å². The minimum atomic E-state index is -3.73. The Morgan fingerprint density at radius 2 is 1.83 bits per heavy atom. The molecule has 0 radical (unpaired) electrons. The fourth-order valence-electron chi connectivity index (χ4n) is 1.97. The minimum Gasteiger partial charge on any atom is -0.448 e. The predicted octanol–water partition coefficient (Wildman–Crippen LogP) is 1.82. The largest absolute Gasteiger partial charge is 0.448 e. The monoisotopic (exact) mass is 337 g/mol. The summed E-state index contributed by atoms with van der Waals surface area (Å²) in [4.78, 5) is 18.2. The number of amides is 1. The highest BCUT2D eigenvalue weighted by atomic mass is 32.2. The molecule has 2 heterocycles. The van der Waals surface area contributed by atoms with E-state index >= 15 is 0 Å². The Hall–Kier alpha value is -2.19. The number of sulfonamides is 1. The number of pyridine rings is 1. The van der Waals surface area contributed by atoms with E-state index in [2.05, 4.69) is 4.98 Å². The van der Waals surface area contributed by atoms with Crippen molar-refractivity contribution in [1.82, 2.24) is 9.29 Å². The lowest BCUT2D eigenvalue weighted by Gasteiger charge is -2.16.